The zero-order chi connectivity index (χ0) is 12.5. The van der Waals surface area contributed by atoms with E-state index in [0.29, 0.717) is 0 Å². The fraction of sp³-hybridized carbons (Fsp3) is 0.286. The number of ether oxygens (including phenoxy) is 2. The SMILES string of the molecule is CC1Oc2cccnc2-c2ncccc2OC1C. The molecule has 4 nitrogen and oxygen atoms in total. The van der Waals surface area contributed by atoms with Gasteiger partial charge in [0.05, 0.1) is 0 Å². The number of rotatable bonds is 0. The van der Waals surface area contributed by atoms with E-state index in [1.54, 1.807) is 12.4 Å². The van der Waals surface area contributed by atoms with Gasteiger partial charge in [-0.3, -0.25) is 9.97 Å². The molecule has 2 aromatic heterocycles. The maximum atomic E-state index is 5.88. The predicted octanol–water partition coefficient (Wildman–Crippen LogP) is 2.69. The average Bonchev–Trinajstić information content (AvgIpc) is 2.39. The van der Waals surface area contributed by atoms with E-state index in [4.69, 9.17) is 9.47 Å². The number of fused-ring (bicyclic) bond motifs is 3. The first-order chi connectivity index (χ1) is 8.75. The molecule has 92 valence electrons. The molecule has 0 N–H and O–H groups in total. The fourth-order valence-corrected chi connectivity index (χ4v) is 1.92. The van der Waals surface area contributed by atoms with Crippen molar-refractivity contribution in [3.8, 4) is 22.9 Å². The first-order valence-electron chi connectivity index (χ1n) is 5.99. The van der Waals surface area contributed by atoms with Gasteiger partial charge in [-0.15, -0.1) is 0 Å². The summed E-state index contributed by atoms with van der Waals surface area (Å²) >= 11 is 0. The first-order valence-corrected chi connectivity index (χ1v) is 5.99. The summed E-state index contributed by atoms with van der Waals surface area (Å²) in [6, 6.07) is 7.55. The topological polar surface area (TPSA) is 44.2 Å². The van der Waals surface area contributed by atoms with Gasteiger partial charge >= 0.3 is 0 Å². The number of hydrogen-bond acceptors (Lipinski definition) is 4. The van der Waals surface area contributed by atoms with Crippen molar-refractivity contribution in [1.82, 2.24) is 9.97 Å². The second-order valence-corrected chi connectivity index (χ2v) is 4.35. The quantitative estimate of drug-likeness (QED) is 0.712. The minimum Gasteiger partial charge on any atom is -0.485 e. The molecule has 3 heterocycles. The molecule has 0 radical (unpaired) electrons. The molecule has 0 bridgehead atoms. The van der Waals surface area contributed by atoms with Crippen LogP contribution in [-0.2, 0) is 0 Å². The maximum Gasteiger partial charge on any atom is 0.147 e. The molecule has 18 heavy (non-hydrogen) atoms. The zero-order valence-corrected chi connectivity index (χ0v) is 10.3. The Labute approximate surface area is 106 Å². The number of pyridine rings is 2. The van der Waals surface area contributed by atoms with E-state index in [1.165, 1.54) is 0 Å². The number of aromatic nitrogens is 2. The van der Waals surface area contributed by atoms with Gasteiger partial charge in [0.25, 0.3) is 0 Å². The van der Waals surface area contributed by atoms with Crippen molar-refractivity contribution in [2.75, 3.05) is 0 Å². The van der Waals surface area contributed by atoms with Crippen LogP contribution in [0.1, 0.15) is 13.8 Å². The molecule has 1 aliphatic heterocycles. The molecule has 1 aliphatic rings. The van der Waals surface area contributed by atoms with E-state index in [1.807, 2.05) is 38.1 Å². The number of nitrogens with zero attached hydrogens (tertiary/aromatic N) is 2. The summed E-state index contributed by atoms with van der Waals surface area (Å²) in [5.41, 5.74) is 1.46. The largest absolute Gasteiger partial charge is 0.485 e. The molecule has 0 aromatic carbocycles. The van der Waals surface area contributed by atoms with Crippen LogP contribution >= 0.6 is 0 Å². The lowest BCUT2D eigenvalue weighted by molar-refractivity contribution is 0.0754. The van der Waals surface area contributed by atoms with Gasteiger partial charge in [-0.2, -0.15) is 0 Å². The van der Waals surface area contributed by atoms with E-state index < -0.39 is 0 Å². The summed E-state index contributed by atoms with van der Waals surface area (Å²) < 4.78 is 11.8. The number of hydrogen-bond donors (Lipinski definition) is 0. The van der Waals surface area contributed by atoms with Crippen LogP contribution in [0.5, 0.6) is 11.5 Å². The van der Waals surface area contributed by atoms with Crippen LogP contribution < -0.4 is 9.47 Å². The second kappa shape index (κ2) is 4.29. The summed E-state index contributed by atoms with van der Waals surface area (Å²) in [6.07, 6.45) is 3.38. The van der Waals surface area contributed by atoms with E-state index in [2.05, 4.69) is 9.97 Å². The van der Waals surface area contributed by atoms with Crippen LogP contribution in [0.15, 0.2) is 36.7 Å². The van der Waals surface area contributed by atoms with Gasteiger partial charge in [0.1, 0.15) is 35.1 Å². The van der Waals surface area contributed by atoms with Crippen molar-refractivity contribution in [3.05, 3.63) is 36.7 Å². The zero-order valence-electron chi connectivity index (χ0n) is 10.3. The monoisotopic (exact) mass is 242 g/mol. The van der Waals surface area contributed by atoms with Crippen molar-refractivity contribution >= 4 is 0 Å². The standard InChI is InChI=1S/C14H14N2O2/c1-9-10(2)18-12-6-4-8-16-14(12)13-11(17-9)5-3-7-15-13/h3-10H,1-2H3. The van der Waals surface area contributed by atoms with Gasteiger partial charge in [0.2, 0.25) is 0 Å². The van der Waals surface area contributed by atoms with Gasteiger partial charge < -0.3 is 9.47 Å². The highest BCUT2D eigenvalue weighted by molar-refractivity contribution is 5.68. The molecule has 3 rings (SSSR count). The first kappa shape index (κ1) is 11.0. The maximum absolute atomic E-state index is 5.88. The van der Waals surface area contributed by atoms with Crippen molar-refractivity contribution in [2.45, 2.75) is 26.1 Å². The van der Waals surface area contributed by atoms with Gasteiger partial charge in [-0.1, -0.05) is 0 Å². The molecular weight excluding hydrogens is 228 g/mol. The minimum atomic E-state index is -0.0405. The van der Waals surface area contributed by atoms with Crippen LogP contribution in [0.25, 0.3) is 11.4 Å². The highest BCUT2D eigenvalue weighted by Gasteiger charge is 2.24. The van der Waals surface area contributed by atoms with Crippen molar-refractivity contribution < 1.29 is 9.47 Å². The van der Waals surface area contributed by atoms with Crippen molar-refractivity contribution in [2.24, 2.45) is 0 Å². The minimum absolute atomic E-state index is 0.0405. The third-order valence-electron chi connectivity index (χ3n) is 3.05. The van der Waals surface area contributed by atoms with Crippen LogP contribution in [-0.4, -0.2) is 22.2 Å². The smallest absolute Gasteiger partial charge is 0.147 e. The van der Waals surface area contributed by atoms with Crippen LogP contribution in [0, 0.1) is 0 Å². The average molecular weight is 242 g/mol. The third kappa shape index (κ3) is 1.79. The summed E-state index contributed by atoms with van der Waals surface area (Å²) in [4.78, 5) is 8.71. The Hall–Kier alpha value is -2.10. The normalized spacial score (nSPS) is 21.7. The van der Waals surface area contributed by atoms with Gasteiger partial charge in [-0.05, 0) is 38.1 Å². The second-order valence-electron chi connectivity index (χ2n) is 4.35. The molecule has 0 saturated heterocycles. The highest BCUT2D eigenvalue weighted by Crippen LogP contribution is 2.35. The summed E-state index contributed by atoms with van der Waals surface area (Å²) in [6.45, 7) is 3.98. The van der Waals surface area contributed by atoms with E-state index in [-0.39, 0.29) is 12.2 Å². The van der Waals surface area contributed by atoms with Crippen molar-refractivity contribution in [3.63, 3.8) is 0 Å². The van der Waals surface area contributed by atoms with Gasteiger partial charge in [0.15, 0.2) is 0 Å². The molecular formula is C14H14N2O2. The molecule has 0 spiro atoms. The van der Waals surface area contributed by atoms with Gasteiger partial charge in [-0.25, -0.2) is 0 Å². The Kier molecular flexibility index (Phi) is 2.63. The molecule has 4 heteroatoms. The Morgan fingerprint density at radius 2 is 1.28 bits per heavy atom. The van der Waals surface area contributed by atoms with E-state index in [9.17, 15) is 0 Å². The molecule has 0 aliphatic carbocycles. The highest BCUT2D eigenvalue weighted by atomic mass is 16.5. The van der Waals surface area contributed by atoms with Crippen LogP contribution in [0.4, 0.5) is 0 Å². The van der Waals surface area contributed by atoms with Crippen molar-refractivity contribution in [1.29, 1.82) is 0 Å². The molecule has 0 amide bonds. The Morgan fingerprint density at radius 1 is 0.833 bits per heavy atom. The fourth-order valence-electron chi connectivity index (χ4n) is 1.92. The molecule has 2 unspecified atom stereocenters. The molecule has 2 aromatic rings. The van der Waals surface area contributed by atoms with E-state index >= 15 is 0 Å². The molecule has 0 saturated carbocycles. The predicted molar refractivity (Wildman–Crippen MR) is 67.6 cm³/mol. The Bertz CT molecular complexity index is 520. The molecule has 2 atom stereocenters. The lowest BCUT2D eigenvalue weighted by Gasteiger charge is -2.27. The summed E-state index contributed by atoms with van der Waals surface area (Å²) in [5.74, 6) is 1.50. The van der Waals surface area contributed by atoms with Gasteiger partial charge in [0, 0.05) is 12.4 Å². The van der Waals surface area contributed by atoms with Crippen LogP contribution in [0.2, 0.25) is 0 Å². The Morgan fingerprint density at radius 3 is 1.72 bits per heavy atom. The summed E-state index contributed by atoms with van der Waals surface area (Å²) in [7, 11) is 0. The summed E-state index contributed by atoms with van der Waals surface area (Å²) in [5, 5.41) is 0. The molecule has 0 fully saturated rings. The Balaban J connectivity index is 2.21. The third-order valence-corrected chi connectivity index (χ3v) is 3.05. The lowest BCUT2D eigenvalue weighted by atomic mass is 10.1. The lowest BCUT2D eigenvalue weighted by Crippen LogP contribution is -2.32. The van der Waals surface area contributed by atoms with Crippen LogP contribution in [0.3, 0.4) is 0 Å². The van der Waals surface area contributed by atoms with E-state index in [0.717, 1.165) is 22.9 Å².